The van der Waals surface area contributed by atoms with Crippen molar-refractivity contribution in [2.75, 3.05) is 40.0 Å². The second-order valence-electron chi connectivity index (χ2n) is 10.7. The third-order valence-electron chi connectivity index (χ3n) is 7.72. The topological polar surface area (TPSA) is 237 Å². The molecule has 1 aliphatic carbocycles. The van der Waals surface area contributed by atoms with Crippen LogP contribution in [-0.2, 0) is 23.7 Å². The number of rotatable bonds is 12. The Balaban J connectivity index is 0.00000287. The van der Waals surface area contributed by atoms with E-state index >= 15 is 0 Å². The first-order valence-electron chi connectivity index (χ1n) is 14.2. The predicted molar refractivity (Wildman–Crippen MR) is 154 cm³/mol. The quantitative estimate of drug-likeness (QED) is 0.0791. The zero-order valence-electron chi connectivity index (χ0n) is 24.2. The van der Waals surface area contributed by atoms with E-state index in [1.54, 1.807) is 0 Å². The van der Waals surface area contributed by atoms with Crippen LogP contribution >= 0.6 is 12.6 Å². The van der Waals surface area contributed by atoms with Crippen molar-refractivity contribution in [2.45, 2.75) is 93.5 Å². The van der Waals surface area contributed by atoms with Crippen LogP contribution in [0.3, 0.4) is 0 Å². The maximum absolute atomic E-state index is 12.5. The van der Waals surface area contributed by atoms with Crippen LogP contribution in [-0.4, -0.2) is 127 Å². The molecule has 1 saturated heterocycles. The van der Waals surface area contributed by atoms with Crippen molar-refractivity contribution in [3.63, 3.8) is 0 Å². The zero-order valence-corrected chi connectivity index (χ0v) is 25.1. The van der Waals surface area contributed by atoms with Gasteiger partial charge in [0.2, 0.25) is 12.2 Å². The molecule has 14 nitrogen and oxygen atoms in total. The van der Waals surface area contributed by atoms with E-state index in [0.29, 0.717) is 31.9 Å². The van der Waals surface area contributed by atoms with Gasteiger partial charge in [0.25, 0.3) is 0 Å². The first-order valence-corrected chi connectivity index (χ1v) is 14.7. The number of hydrogen-bond acceptors (Lipinski definition) is 14. The van der Waals surface area contributed by atoms with Crippen LogP contribution < -0.4 is 27.8 Å². The molecule has 1 amide bonds. The van der Waals surface area contributed by atoms with E-state index in [2.05, 4.69) is 24.5 Å². The van der Waals surface area contributed by atoms with E-state index < -0.39 is 61.0 Å². The minimum absolute atomic E-state index is 0.00694. The molecule has 12 atom stereocenters. The summed E-state index contributed by atoms with van der Waals surface area (Å²) in [6.07, 6.45) is -2.87. The van der Waals surface area contributed by atoms with E-state index in [4.69, 9.17) is 59.0 Å². The number of nitrogens with two attached hydrogens (primary N) is 3. The normalized spacial score (nSPS) is 38.1. The summed E-state index contributed by atoms with van der Waals surface area (Å²) in [4.78, 5) is 12.5. The molecule has 2 heterocycles. The molecule has 0 aromatic rings. The van der Waals surface area contributed by atoms with Crippen molar-refractivity contribution in [1.82, 2.24) is 10.6 Å². The van der Waals surface area contributed by atoms with Crippen LogP contribution in [0.25, 0.3) is 0 Å². The third-order valence-corrected chi connectivity index (χ3v) is 8.35. The number of carbonyl (C=O) groups is 1. The molecule has 0 aromatic carbocycles. The van der Waals surface area contributed by atoms with Crippen molar-refractivity contribution < 1.29 is 44.2 Å². The van der Waals surface area contributed by atoms with Crippen LogP contribution in [0.5, 0.6) is 0 Å². The second-order valence-corrected chi connectivity index (χ2v) is 11.3. The molecule has 41 heavy (non-hydrogen) atoms. The minimum Gasteiger partial charge on any atom is -0.467 e. The van der Waals surface area contributed by atoms with Gasteiger partial charge in [0, 0.05) is 26.2 Å². The maximum Gasteiger partial charge on any atom is 0.250 e. The Kier molecular flexibility index (Phi) is 15.8. The smallest absolute Gasteiger partial charge is 0.250 e. The standard InChI is InChI=1S/C25H47N5O8S.CH4O/c1-3-14-12(2)11-35-25(22(14)39)38-21-17(30-23(34)18(32)9-26)8-16(28)20(19(21)33)37-24-15(27)5-4-13(36-24)10-29-6-7-31;1-2/h4,12,14-22,24-25,29,31-33,39H,3,5-11,26-28H2,1-2H3,(H,30,34);2H,1H3/t12?,14-,15+,16?,17?,18-,19?,20+,21-,22?,24+,25?;/m0./s1. The molecule has 0 aromatic heterocycles. The molecule has 3 rings (SSSR count). The molecule has 240 valence electrons. The third kappa shape index (κ3) is 9.71. The fraction of sp³-hybridized carbons (Fsp3) is 0.885. The lowest BCUT2D eigenvalue weighted by molar-refractivity contribution is -0.264. The van der Waals surface area contributed by atoms with Gasteiger partial charge in [-0.05, 0) is 30.8 Å². The van der Waals surface area contributed by atoms with Crippen molar-refractivity contribution in [3.8, 4) is 0 Å². The molecule has 0 spiro atoms. The Hall–Kier alpha value is -1.08. The van der Waals surface area contributed by atoms with Gasteiger partial charge in [0.05, 0.1) is 37.1 Å². The van der Waals surface area contributed by atoms with Crippen LogP contribution in [0.4, 0.5) is 0 Å². The Bertz CT molecular complexity index is 815. The molecular weight excluding hydrogens is 558 g/mol. The van der Waals surface area contributed by atoms with E-state index in [1.165, 1.54) is 0 Å². The van der Waals surface area contributed by atoms with Gasteiger partial charge in [-0.2, -0.15) is 12.6 Å². The van der Waals surface area contributed by atoms with Crippen LogP contribution in [0.15, 0.2) is 11.8 Å². The average molecular weight is 610 g/mol. The highest BCUT2D eigenvalue weighted by Crippen LogP contribution is 2.36. The first-order chi connectivity index (χ1) is 19.6. The fourth-order valence-electron chi connectivity index (χ4n) is 5.40. The van der Waals surface area contributed by atoms with Gasteiger partial charge in [-0.25, -0.2) is 0 Å². The second kappa shape index (κ2) is 17.9. The Labute approximate surface area is 247 Å². The summed E-state index contributed by atoms with van der Waals surface area (Å²) >= 11 is 4.77. The monoisotopic (exact) mass is 609 g/mol. The lowest BCUT2D eigenvalue weighted by atomic mass is 9.83. The van der Waals surface area contributed by atoms with Gasteiger partial charge >= 0.3 is 0 Å². The summed E-state index contributed by atoms with van der Waals surface area (Å²) in [5.41, 5.74) is 18.2. The van der Waals surface area contributed by atoms with Crippen molar-refractivity contribution in [1.29, 1.82) is 0 Å². The number of carbonyl (C=O) groups excluding carboxylic acids is 1. The molecule has 2 aliphatic heterocycles. The van der Waals surface area contributed by atoms with Gasteiger partial charge in [-0.1, -0.05) is 20.3 Å². The van der Waals surface area contributed by atoms with Crippen LogP contribution in [0, 0.1) is 11.8 Å². The van der Waals surface area contributed by atoms with Gasteiger partial charge < -0.3 is 67.2 Å². The average Bonchev–Trinajstić information content (AvgIpc) is 2.96. The molecule has 0 bridgehead atoms. The van der Waals surface area contributed by atoms with Crippen molar-refractivity contribution in [3.05, 3.63) is 11.8 Å². The first kappa shape index (κ1) is 36.1. The van der Waals surface area contributed by atoms with Crippen molar-refractivity contribution in [2.24, 2.45) is 29.0 Å². The molecule has 0 radical (unpaired) electrons. The van der Waals surface area contributed by atoms with Gasteiger partial charge in [-0.15, -0.1) is 0 Å². The number of amides is 1. The lowest BCUT2D eigenvalue weighted by Crippen LogP contribution is -2.67. The molecule has 6 unspecified atom stereocenters. The number of thiol groups is 1. The van der Waals surface area contributed by atoms with E-state index in [-0.39, 0.29) is 36.7 Å². The van der Waals surface area contributed by atoms with E-state index in [9.17, 15) is 15.0 Å². The fourth-order valence-corrected chi connectivity index (χ4v) is 6.06. The number of nitrogens with one attached hydrogen (secondary N) is 2. The van der Waals surface area contributed by atoms with Gasteiger partial charge in [-0.3, -0.25) is 4.79 Å². The summed E-state index contributed by atoms with van der Waals surface area (Å²) < 4.78 is 24.4. The van der Waals surface area contributed by atoms with Crippen LogP contribution in [0.2, 0.25) is 0 Å². The predicted octanol–water partition coefficient (Wildman–Crippen LogP) is -2.88. The molecular formula is C26H51N5O9S. The maximum atomic E-state index is 12.5. The number of ether oxygens (including phenoxy) is 4. The highest BCUT2D eigenvalue weighted by Gasteiger charge is 2.49. The zero-order chi connectivity index (χ0) is 30.7. The number of hydrogen-bond donors (Lipinski definition) is 10. The number of aliphatic hydroxyl groups excluding tert-OH is 4. The van der Waals surface area contributed by atoms with E-state index in [0.717, 1.165) is 13.5 Å². The summed E-state index contributed by atoms with van der Waals surface area (Å²) in [6.45, 7) is 5.17. The Morgan fingerprint density at radius 2 is 1.90 bits per heavy atom. The van der Waals surface area contributed by atoms with Gasteiger partial charge in [0.1, 0.15) is 30.2 Å². The molecule has 15 heteroatoms. The summed E-state index contributed by atoms with van der Waals surface area (Å²) in [6, 6.07) is -1.98. The molecule has 3 aliphatic rings. The molecule has 1 saturated carbocycles. The van der Waals surface area contributed by atoms with Crippen molar-refractivity contribution >= 4 is 18.5 Å². The molecule has 2 fully saturated rings. The number of aliphatic hydroxyl groups is 4. The minimum atomic E-state index is -1.42. The Morgan fingerprint density at radius 3 is 2.54 bits per heavy atom. The van der Waals surface area contributed by atoms with Gasteiger partial charge in [0.15, 0.2) is 6.29 Å². The highest BCUT2D eigenvalue weighted by molar-refractivity contribution is 7.81. The SMILES string of the molecule is CC[C@H]1C(C)COC(O[C@H]2C(NC(=O)[C@@H](O)CN)CC(N)[C@@H](O[C@H]3OC(CNCCO)=CC[C@H]3N)C2O)C1S.CO. The Morgan fingerprint density at radius 1 is 1.22 bits per heavy atom. The van der Waals surface area contributed by atoms with E-state index in [1.807, 2.05) is 6.08 Å². The summed E-state index contributed by atoms with van der Waals surface area (Å²) in [5, 5.41) is 43.0. The highest BCUT2D eigenvalue weighted by atomic mass is 32.1. The summed E-state index contributed by atoms with van der Waals surface area (Å²) in [5.74, 6) is 0.431. The lowest BCUT2D eigenvalue weighted by Gasteiger charge is -2.47. The van der Waals surface area contributed by atoms with Crippen LogP contribution in [0.1, 0.15) is 33.1 Å². The summed E-state index contributed by atoms with van der Waals surface area (Å²) in [7, 11) is 1.00. The molecule has 12 N–H and O–H groups in total. The largest absolute Gasteiger partial charge is 0.467 e.